The molecule has 0 saturated heterocycles. The van der Waals surface area contributed by atoms with Gasteiger partial charge < -0.3 is 9.88 Å². The Balaban J connectivity index is 1.57. The van der Waals surface area contributed by atoms with Crippen molar-refractivity contribution in [3.8, 4) is 0 Å². The van der Waals surface area contributed by atoms with Crippen LogP contribution in [0.1, 0.15) is 22.5 Å². The van der Waals surface area contributed by atoms with Crippen LogP contribution in [0.5, 0.6) is 0 Å². The van der Waals surface area contributed by atoms with Gasteiger partial charge >= 0.3 is 0 Å². The Hall–Kier alpha value is -3.11. The summed E-state index contributed by atoms with van der Waals surface area (Å²) in [7, 11) is 0. The highest BCUT2D eigenvalue weighted by molar-refractivity contribution is 7.99. The minimum Gasteiger partial charge on any atom is -0.325 e. The largest absolute Gasteiger partial charge is 0.325 e. The predicted octanol–water partition coefficient (Wildman–Crippen LogP) is 5.15. The van der Waals surface area contributed by atoms with Gasteiger partial charge in [-0.15, -0.1) is 28.5 Å². The third-order valence-corrected chi connectivity index (χ3v) is 6.72. The molecule has 3 rings (SSSR count). The lowest BCUT2D eigenvalue weighted by Gasteiger charge is -2.09. The molecule has 172 valence electrons. The first-order valence-electron chi connectivity index (χ1n) is 10.2. The Morgan fingerprint density at radius 3 is 2.61 bits per heavy atom. The molecule has 0 atom stereocenters. The third kappa shape index (κ3) is 6.93. The van der Waals surface area contributed by atoms with Crippen molar-refractivity contribution >= 4 is 40.8 Å². The summed E-state index contributed by atoms with van der Waals surface area (Å²) in [6.07, 6.45) is 1.78. The number of aromatic nitrogens is 3. The Bertz CT molecular complexity index is 1150. The summed E-state index contributed by atoms with van der Waals surface area (Å²) in [6, 6.07) is 12.8. The molecule has 1 amide bonds. The minimum atomic E-state index is -0.461. The summed E-state index contributed by atoms with van der Waals surface area (Å²) >= 11 is 3.05. The average Bonchev–Trinajstić information content (AvgIpc) is 3.16. The Kier molecular flexibility index (Phi) is 8.67. The lowest BCUT2D eigenvalue weighted by atomic mass is 10.2. The second kappa shape index (κ2) is 11.7. The van der Waals surface area contributed by atoms with E-state index in [1.165, 1.54) is 35.0 Å². The van der Waals surface area contributed by atoms with Crippen LogP contribution in [-0.4, -0.2) is 31.3 Å². The smallest absolute Gasteiger partial charge is 0.269 e. The number of rotatable bonds is 11. The van der Waals surface area contributed by atoms with Gasteiger partial charge in [0.25, 0.3) is 5.69 Å². The maximum atomic E-state index is 12.4. The first-order chi connectivity index (χ1) is 15.9. The molecule has 0 aliphatic carbocycles. The highest BCUT2D eigenvalue weighted by Crippen LogP contribution is 2.24. The van der Waals surface area contributed by atoms with Gasteiger partial charge in [-0.2, -0.15) is 0 Å². The van der Waals surface area contributed by atoms with Crippen molar-refractivity contribution in [1.29, 1.82) is 0 Å². The zero-order chi connectivity index (χ0) is 23.8. The molecule has 0 unspecified atom stereocenters. The number of amides is 1. The zero-order valence-corrected chi connectivity index (χ0v) is 20.1. The molecule has 8 nitrogen and oxygen atoms in total. The molecule has 0 spiro atoms. The number of carbonyl (C=O) groups excluding carboxylic acids is 1. The number of non-ortho nitro benzene ring substituents is 1. The van der Waals surface area contributed by atoms with E-state index < -0.39 is 4.92 Å². The van der Waals surface area contributed by atoms with Gasteiger partial charge in [-0.1, -0.05) is 47.7 Å². The fraction of sp³-hybridized carbons (Fsp3) is 0.261. The molecule has 0 saturated carbocycles. The molecule has 0 aliphatic heterocycles. The van der Waals surface area contributed by atoms with Crippen molar-refractivity contribution < 1.29 is 9.72 Å². The number of aryl methyl sites for hydroxylation is 2. The van der Waals surface area contributed by atoms with Gasteiger partial charge in [-0.3, -0.25) is 14.9 Å². The number of hydrogen-bond donors (Lipinski definition) is 1. The number of hydrogen-bond acceptors (Lipinski definition) is 7. The third-order valence-electron chi connectivity index (χ3n) is 4.75. The Morgan fingerprint density at radius 2 is 1.94 bits per heavy atom. The molecular formula is C23H25N5O3S2. The van der Waals surface area contributed by atoms with E-state index in [0.717, 1.165) is 11.6 Å². The zero-order valence-electron chi connectivity index (χ0n) is 18.5. The van der Waals surface area contributed by atoms with Crippen molar-refractivity contribution in [3.63, 3.8) is 0 Å². The molecule has 0 aliphatic rings. The number of benzene rings is 2. The van der Waals surface area contributed by atoms with Crippen LogP contribution in [0.15, 0.2) is 60.3 Å². The molecule has 1 N–H and O–H groups in total. The van der Waals surface area contributed by atoms with E-state index in [0.29, 0.717) is 28.7 Å². The lowest BCUT2D eigenvalue weighted by Crippen LogP contribution is -2.15. The normalized spacial score (nSPS) is 10.7. The monoisotopic (exact) mass is 483 g/mol. The number of nitrogens with zero attached hydrogens (tertiary/aromatic N) is 4. The number of nitrogens with one attached hydrogen (secondary N) is 1. The van der Waals surface area contributed by atoms with E-state index in [2.05, 4.69) is 53.3 Å². The average molecular weight is 484 g/mol. The van der Waals surface area contributed by atoms with Crippen LogP contribution in [0.25, 0.3) is 0 Å². The number of nitro benzene ring substituents is 1. The van der Waals surface area contributed by atoms with E-state index in [1.54, 1.807) is 30.8 Å². The van der Waals surface area contributed by atoms with Crippen LogP contribution in [-0.2, 0) is 22.8 Å². The highest BCUT2D eigenvalue weighted by atomic mass is 32.2. The van der Waals surface area contributed by atoms with Crippen molar-refractivity contribution in [3.05, 3.63) is 87.7 Å². The van der Waals surface area contributed by atoms with Crippen LogP contribution in [0.2, 0.25) is 0 Å². The predicted molar refractivity (Wildman–Crippen MR) is 134 cm³/mol. The molecule has 0 radical (unpaired) electrons. The summed E-state index contributed by atoms with van der Waals surface area (Å²) in [5.41, 5.74) is 3.67. The Morgan fingerprint density at radius 1 is 1.18 bits per heavy atom. The second-order valence-electron chi connectivity index (χ2n) is 7.37. The molecule has 2 aromatic carbocycles. The van der Waals surface area contributed by atoms with Gasteiger partial charge in [-0.05, 0) is 31.0 Å². The van der Waals surface area contributed by atoms with Crippen LogP contribution >= 0.6 is 23.5 Å². The summed E-state index contributed by atoms with van der Waals surface area (Å²) in [4.78, 5) is 22.9. The number of anilines is 1. The fourth-order valence-electron chi connectivity index (χ4n) is 3.01. The molecule has 3 aromatic rings. The molecule has 1 aromatic heterocycles. The van der Waals surface area contributed by atoms with Gasteiger partial charge in [0.1, 0.15) is 5.82 Å². The van der Waals surface area contributed by atoms with E-state index in [9.17, 15) is 14.9 Å². The van der Waals surface area contributed by atoms with E-state index in [4.69, 9.17) is 0 Å². The highest BCUT2D eigenvalue weighted by Gasteiger charge is 2.15. The summed E-state index contributed by atoms with van der Waals surface area (Å²) < 4.78 is 1.96. The standard InChI is InChI=1S/C23H25N5O3S2/c1-4-11-27-21(14-32-13-18-7-5-16(2)6-8-18)25-26-23(27)33-15-22(29)24-20-10-9-19(28(30)31)12-17(20)3/h4-10,12H,1,11,13-15H2,2-3H3,(H,24,29). The number of nitro groups is 1. The van der Waals surface area contributed by atoms with Crippen LogP contribution in [0.4, 0.5) is 11.4 Å². The molecule has 0 bridgehead atoms. The second-order valence-corrected chi connectivity index (χ2v) is 9.30. The van der Waals surface area contributed by atoms with Crippen LogP contribution in [0, 0.1) is 24.0 Å². The van der Waals surface area contributed by atoms with Gasteiger partial charge in [0.15, 0.2) is 5.16 Å². The number of thioether (sulfide) groups is 2. The molecule has 1 heterocycles. The Labute approximate surface area is 201 Å². The van der Waals surface area contributed by atoms with Crippen LogP contribution < -0.4 is 5.32 Å². The van der Waals surface area contributed by atoms with Gasteiger partial charge in [-0.25, -0.2) is 0 Å². The van der Waals surface area contributed by atoms with Crippen molar-refractivity contribution in [1.82, 2.24) is 14.8 Å². The summed E-state index contributed by atoms with van der Waals surface area (Å²) in [5, 5.41) is 22.9. The van der Waals surface area contributed by atoms with Gasteiger partial charge in [0, 0.05) is 30.1 Å². The van der Waals surface area contributed by atoms with Gasteiger partial charge in [0.05, 0.1) is 16.4 Å². The lowest BCUT2D eigenvalue weighted by molar-refractivity contribution is -0.384. The van der Waals surface area contributed by atoms with E-state index in [-0.39, 0.29) is 17.3 Å². The molecule has 0 fully saturated rings. The maximum absolute atomic E-state index is 12.4. The first-order valence-corrected chi connectivity index (χ1v) is 12.4. The number of allylic oxidation sites excluding steroid dienone is 1. The SMILES string of the molecule is C=CCn1c(CSCc2ccc(C)cc2)nnc1SCC(=O)Nc1ccc([N+](=O)[O-])cc1C. The van der Waals surface area contributed by atoms with Crippen molar-refractivity contribution in [2.45, 2.75) is 37.1 Å². The first kappa shape index (κ1) is 24.5. The molecular weight excluding hydrogens is 458 g/mol. The van der Waals surface area contributed by atoms with E-state index in [1.807, 2.05) is 4.57 Å². The van der Waals surface area contributed by atoms with Crippen LogP contribution in [0.3, 0.4) is 0 Å². The minimum absolute atomic E-state index is 0.00909. The van der Waals surface area contributed by atoms with Crippen molar-refractivity contribution in [2.75, 3.05) is 11.1 Å². The topological polar surface area (TPSA) is 103 Å². The number of carbonyl (C=O) groups is 1. The summed E-state index contributed by atoms with van der Waals surface area (Å²) in [5.74, 6) is 2.33. The fourth-order valence-corrected chi connectivity index (χ4v) is 4.70. The molecule has 33 heavy (non-hydrogen) atoms. The van der Waals surface area contributed by atoms with E-state index >= 15 is 0 Å². The maximum Gasteiger partial charge on any atom is 0.269 e. The molecule has 10 heteroatoms. The van der Waals surface area contributed by atoms with Gasteiger partial charge in [0.2, 0.25) is 5.91 Å². The van der Waals surface area contributed by atoms with Crippen molar-refractivity contribution in [2.24, 2.45) is 0 Å². The quantitative estimate of drug-likeness (QED) is 0.174. The summed E-state index contributed by atoms with van der Waals surface area (Å²) in [6.45, 7) is 8.16.